The van der Waals surface area contributed by atoms with Crippen molar-refractivity contribution in [1.82, 2.24) is 0 Å². The Balaban J connectivity index is 1.65. The number of quaternary nitrogens is 1. The third-order valence-corrected chi connectivity index (χ3v) is 6.23. The molecule has 0 aliphatic carbocycles. The van der Waals surface area contributed by atoms with Crippen molar-refractivity contribution in [1.29, 1.82) is 0 Å². The molecule has 0 fully saturated rings. The van der Waals surface area contributed by atoms with Crippen LogP contribution in [0, 0.1) is 0 Å². The van der Waals surface area contributed by atoms with Crippen molar-refractivity contribution in [3.05, 3.63) is 35.9 Å². The second-order valence-electron chi connectivity index (χ2n) is 8.54. The smallest absolute Gasteiger partial charge is 0.198 e. The number of nitrogens with zero attached hydrogens (tertiary/aromatic N) is 2. The molecular formula is C25H43N2O+. The molecule has 0 spiro atoms. The molecule has 0 saturated carbocycles. The molecule has 0 amide bonds. The lowest BCUT2D eigenvalue weighted by molar-refractivity contribution is -0.850. The molecule has 1 atom stereocenters. The molecule has 1 aromatic rings. The van der Waals surface area contributed by atoms with Gasteiger partial charge in [0.15, 0.2) is 5.84 Å². The lowest BCUT2D eigenvalue weighted by Crippen LogP contribution is -2.51. The Morgan fingerprint density at radius 1 is 0.857 bits per heavy atom. The van der Waals surface area contributed by atoms with Gasteiger partial charge in [0.2, 0.25) is 0 Å². The summed E-state index contributed by atoms with van der Waals surface area (Å²) in [5.74, 6) is 1.33. The van der Waals surface area contributed by atoms with Gasteiger partial charge in [-0.15, -0.1) is 0 Å². The Labute approximate surface area is 173 Å². The summed E-state index contributed by atoms with van der Waals surface area (Å²) >= 11 is 0. The molecule has 1 aliphatic heterocycles. The van der Waals surface area contributed by atoms with Crippen molar-refractivity contribution in [2.24, 2.45) is 4.99 Å². The van der Waals surface area contributed by atoms with E-state index < -0.39 is 0 Å². The maximum atomic E-state index is 9.68. The topological polar surface area (TPSA) is 32.6 Å². The van der Waals surface area contributed by atoms with Crippen LogP contribution in [0.4, 0.5) is 0 Å². The highest BCUT2D eigenvalue weighted by Gasteiger charge is 2.37. The van der Waals surface area contributed by atoms with Crippen LogP contribution < -0.4 is 0 Å². The van der Waals surface area contributed by atoms with E-state index in [4.69, 9.17) is 4.99 Å². The zero-order valence-electron chi connectivity index (χ0n) is 18.2. The van der Waals surface area contributed by atoms with Crippen molar-refractivity contribution < 1.29 is 9.59 Å². The van der Waals surface area contributed by atoms with E-state index in [1.54, 1.807) is 0 Å². The quantitative estimate of drug-likeness (QED) is 0.269. The van der Waals surface area contributed by atoms with E-state index in [1.165, 1.54) is 82.0 Å². The Kier molecular flexibility index (Phi) is 11.5. The Bertz CT molecular complexity index is 543. The first-order chi connectivity index (χ1) is 13.8. The molecule has 0 bridgehead atoms. The van der Waals surface area contributed by atoms with Gasteiger partial charge in [-0.3, -0.25) is 4.48 Å². The fraction of sp³-hybridized carbons (Fsp3) is 0.720. The molecule has 1 unspecified atom stereocenters. The summed E-state index contributed by atoms with van der Waals surface area (Å²) < 4.78 is 0.873. The van der Waals surface area contributed by atoms with Crippen LogP contribution >= 0.6 is 0 Å². The van der Waals surface area contributed by atoms with Crippen molar-refractivity contribution >= 4 is 5.84 Å². The van der Waals surface area contributed by atoms with E-state index >= 15 is 0 Å². The molecule has 1 aliphatic rings. The summed E-state index contributed by atoms with van der Waals surface area (Å²) in [6.45, 7) is 6.25. The number of aliphatic imine (C=N–C) groups is 1. The van der Waals surface area contributed by atoms with Gasteiger partial charge < -0.3 is 5.11 Å². The van der Waals surface area contributed by atoms with Crippen molar-refractivity contribution in [2.75, 3.05) is 26.2 Å². The summed E-state index contributed by atoms with van der Waals surface area (Å²) in [7, 11) is 0. The Morgan fingerprint density at radius 2 is 1.46 bits per heavy atom. The number of aliphatic hydroxyl groups is 1. The zero-order chi connectivity index (χ0) is 19.9. The summed E-state index contributed by atoms with van der Waals surface area (Å²) in [5.41, 5.74) is 1.35. The Morgan fingerprint density at radius 3 is 2.07 bits per heavy atom. The largest absolute Gasteiger partial charge is 0.390 e. The lowest BCUT2D eigenvalue weighted by atomic mass is 10.0. The second kappa shape index (κ2) is 13.9. The second-order valence-corrected chi connectivity index (χ2v) is 8.54. The number of benzene rings is 1. The van der Waals surface area contributed by atoms with E-state index in [1.807, 2.05) is 0 Å². The van der Waals surface area contributed by atoms with Gasteiger partial charge in [-0.2, -0.15) is 0 Å². The molecule has 0 radical (unpaired) electrons. The minimum absolute atomic E-state index is 0.240. The van der Waals surface area contributed by atoms with Gasteiger partial charge in [0.05, 0.1) is 13.2 Å². The van der Waals surface area contributed by atoms with E-state index in [2.05, 4.69) is 37.3 Å². The lowest BCUT2D eigenvalue weighted by Gasteiger charge is -2.34. The van der Waals surface area contributed by atoms with E-state index in [0.717, 1.165) is 37.1 Å². The van der Waals surface area contributed by atoms with Crippen LogP contribution in [0.15, 0.2) is 35.3 Å². The van der Waals surface area contributed by atoms with Gasteiger partial charge in [-0.05, 0) is 6.42 Å². The maximum Gasteiger partial charge on any atom is 0.198 e. The number of unbranched alkanes of at least 4 members (excludes halogenated alkanes) is 10. The van der Waals surface area contributed by atoms with Gasteiger partial charge in [0.1, 0.15) is 19.6 Å². The van der Waals surface area contributed by atoms with Gasteiger partial charge >= 0.3 is 0 Å². The Hall–Kier alpha value is -1.19. The molecule has 2 rings (SSSR count). The normalized spacial score (nSPS) is 19.1. The highest BCUT2D eigenvalue weighted by molar-refractivity contribution is 5.76. The molecule has 3 nitrogen and oxygen atoms in total. The molecule has 3 heteroatoms. The highest BCUT2D eigenvalue weighted by atomic mass is 16.3. The minimum Gasteiger partial charge on any atom is -0.390 e. The van der Waals surface area contributed by atoms with Crippen molar-refractivity contribution in [2.45, 2.75) is 90.5 Å². The molecule has 1 N–H and O–H groups in total. The summed E-state index contributed by atoms with van der Waals surface area (Å²) in [4.78, 5) is 4.86. The first kappa shape index (κ1) is 23.1. The van der Waals surface area contributed by atoms with Gasteiger partial charge in [0.25, 0.3) is 0 Å². The zero-order valence-corrected chi connectivity index (χ0v) is 18.2. The molecule has 158 valence electrons. The van der Waals surface area contributed by atoms with Crippen LogP contribution in [0.25, 0.3) is 0 Å². The average Bonchev–Trinajstić information content (AvgIpc) is 3.09. The number of hydrogen-bond donors (Lipinski definition) is 1. The SMILES string of the molecule is CCCCCCCCCCCCCC1=NCC[N+]1(CCO)Cc1ccccc1. The van der Waals surface area contributed by atoms with Gasteiger partial charge in [-0.1, -0.05) is 101 Å². The number of rotatable bonds is 16. The third-order valence-electron chi connectivity index (χ3n) is 6.23. The van der Waals surface area contributed by atoms with Gasteiger partial charge in [-0.25, -0.2) is 4.99 Å². The molecule has 1 heterocycles. The molecule has 0 aromatic heterocycles. The van der Waals surface area contributed by atoms with Crippen molar-refractivity contribution in [3.63, 3.8) is 0 Å². The average molecular weight is 388 g/mol. The monoisotopic (exact) mass is 387 g/mol. The summed E-state index contributed by atoms with van der Waals surface area (Å²) in [5, 5.41) is 9.68. The first-order valence-corrected chi connectivity index (χ1v) is 11.9. The third kappa shape index (κ3) is 8.05. The van der Waals surface area contributed by atoms with E-state index in [-0.39, 0.29) is 6.61 Å². The summed E-state index contributed by atoms with van der Waals surface area (Å²) in [6.07, 6.45) is 16.3. The summed E-state index contributed by atoms with van der Waals surface area (Å²) in [6, 6.07) is 10.7. The fourth-order valence-corrected chi connectivity index (χ4v) is 4.53. The van der Waals surface area contributed by atoms with Crippen LogP contribution in [0.1, 0.15) is 89.5 Å². The maximum absolute atomic E-state index is 9.68. The first-order valence-electron chi connectivity index (χ1n) is 11.9. The molecule has 1 aromatic carbocycles. The van der Waals surface area contributed by atoms with Crippen LogP contribution in [0.5, 0.6) is 0 Å². The highest BCUT2D eigenvalue weighted by Crippen LogP contribution is 2.24. The van der Waals surface area contributed by atoms with Crippen LogP contribution in [0.3, 0.4) is 0 Å². The molecular weight excluding hydrogens is 344 g/mol. The van der Waals surface area contributed by atoms with E-state index in [9.17, 15) is 5.11 Å². The predicted octanol–water partition coefficient (Wildman–Crippen LogP) is 6.11. The molecule has 28 heavy (non-hydrogen) atoms. The molecule has 0 saturated heterocycles. The van der Waals surface area contributed by atoms with Crippen LogP contribution in [0.2, 0.25) is 0 Å². The van der Waals surface area contributed by atoms with E-state index in [0.29, 0.717) is 0 Å². The number of amidine groups is 1. The fourth-order valence-electron chi connectivity index (χ4n) is 4.53. The van der Waals surface area contributed by atoms with Crippen LogP contribution in [-0.4, -0.2) is 41.7 Å². The standard InChI is InChI=1S/C25H43N2O/c1-2-3-4-5-6-7-8-9-10-11-15-18-25-26-19-20-27(25,21-22-28)23-24-16-13-12-14-17-24/h12-14,16-17,28H,2-11,15,18-23H2,1H3/q+1. The van der Waals surface area contributed by atoms with Crippen LogP contribution in [-0.2, 0) is 6.54 Å². The van der Waals surface area contributed by atoms with Gasteiger partial charge in [0, 0.05) is 12.0 Å². The predicted molar refractivity (Wildman–Crippen MR) is 121 cm³/mol. The number of hydrogen-bond acceptors (Lipinski definition) is 2. The number of aliphatic hydroxyl groups excluding tert-OH is 1. The van der Waals surface area contributed by atoms with Crippen molar-refractivity contribution in [3.8, 4) is 0 Å². The minimum atomic E-state index is 0.240.